The summed E-state index contributed by atoms with van der Waals surface area (Å²) < 4.78 is 5.08. The number of carbonyl (C=O) groups excluding carboxylic acids is 1. The van der Waals surface area contributed by atoms with Crippen molar-refractivity contribution in [2.75, 3.05) is 12.3 Å². The summed E-state index contributed by atoms with van der Waals surface area (Å²) in [5.41, 5.74) is 6.85. The summed E-state index contributed by atoms with van der Waals surface area (Å²) >= 11 is 8.81. The Morgan fingerprint density at radius 1 is 1.44 bits per heavy atom. The molecule has 0 aliphatic carbocycles. The normalized spacial score (nSPS) is 11.0. The summed E-state index contributed by atoms with van der Waals surface area (Å²) in [6.45, 7) is 3.92. The van der Waals surface area contributed by atoms with Crippen LogP contribution in [0.1, 0.15) is 28.0 Å². The highest BCUT2D eigenvalue weighted by molar-refractivity contribution is 7.98. The number of nitrogens with two attached hydrogens (primary N) is 1. The summed E-state index contributed by atoms with van der Waals surface area (Å²) in [5.74, 6) is 1.03. The predicted octanol–water partition coefficient (Wildman–Crippen LogP) is 4.10. The van der Waals surface area contributed by atoms with Crippen LogP contribution >= 0.6 is 34.7 Å². The molecule has 0 aromatic carbocycles. The third-order valence-corrected chi connectivity index (χ3v) is 5.97. The van der Waals surface area contributed by atoms with Crippen molar-refractivity contribution in [3.8, 4) is 0 Å². The third kappa shape index (κ3) is 3.70. The number of ether oxygens (including phenoxy) is 1. The lowest BCUT2D eigenvalue weighted by atomic mass is 10.2. The number of nitrogen functional groups attached to an aromatic ring is 1. The number of thioether (sulfide) groups is 1. The number of fused-ring (bicyclic) bond motifs is 1. The molecule has 2 N–H and O–H groups in total. The zero-order valence-electron chi connectivity index (χ0n) is 13.6. The average Bonchev–Trinajstić information content (AvgIpc) is 2.92. The van der Waals surface area contributed by atoms with Crippen LogP contribution in [0.5, 0.6) is 0 Å². The van der Waals surface area contributed by atoms with E-state index in [-0.39, 0.29) is 5.97 Å². The lowest BCUT2D eigenvalue weighted by Crippen LogP contribution is -2.04. The van der Waals surface area contributed by atoms with Crippen molar-refractivity contribution in [3.05, 3.63) is 39.6 Å². The second kappa shape index (κ2) is 7.55. The molecule has 0 spiro atoms. The van der Waals surface area contributed by atoms with E-state index in [1.54, 1.807) is 25.3 Å². The minimum Gasteiger partial charge on any atom is -0.462 e. The van der Waals surface area contributed by atoms with Crippen LogP contribution in [0.2, 0.25) is 5.02 Å². The number of rotatable bonds is 5. The Balaban J connectivity index is 1.91. The first-order chi connectivity index (χ1) is 12.0. The van der Waals surface area contributed by atoms with E-state index in [1.807, 2.05) is 6.92 Å². The second-order valence-corrected chi connectivity index (χ2v) is 7.43. The standard InChI is InChI=1S/C16H15ClN4O2S2/c1-3-23-16(22)12-8(2)11-13(18)20-10(21-15(11)25-12)7-24-14-9(17)5-4-6-19-14/h4-6H,3,7H2,1-2H3,(H2,18,20,21). The van der Waals surface area contributed by atoms with Crippen molar-refractivity contribution in [2.45, 2.75) is 24.6 Å². The SMILES string of the molecule is CCOC(=O)c1sc2nc(CSc3ncccc3Cl)nc(N)c2c1C. The monoisotopic (exact) mass is 394 g/mol. The van der Waals surface area contributed by atoms with Crippen molar-refractivity contribution in [2.24, 2.45) is 0 Å². The van der Waals surface area contributed by atoms with Gasteiger partial charge in [0, 0.05) is 6.20 Å². The van der Waals surface area contributed by atoms with Gasteiger partial charge in [0.05, 0.1) is 22.8 Å². The number of esters is 1. The smallest absolute Gasteiger partial charge is 0.348 e. The first kappa shape index (κ1) is 17.9. The van der Waals surface area contributed by atoms with Crippen LogP contribution in [-0.4, -0.2) is 27.5 Å². The maximum absolute atomic E-state index is 12.1. The maximum Gasteiger partial charge on any atom is 0.348 e. The van der Waals surface area contributed by atoms with Gasteiger partial charge in [0.25, 0.3) is 0 Å². The van der Waals surface area contributed by atoms with Crippen molar-refractivity contribution in [1.82, 2.24) is 15.0 Å². The number of nitrogens with zero attached hydrogens (tertiary/aromatic N) is 3. The summed E-state index contributed by atoms with van der Waals surface area (Å²) in [5, 5.41) is 2.00. The lowest BCUT2D eigenvalue weighted by Gasteiger charge is -2.04. The first-order valence-corrected chi connectivity index (χ1v) is 9.65. The molecule has 3 aromatic heterocycles. The van der Waals surface area contributed by atoms with Gasteiger partial charge in [-0.25, -0.2) is 19.7 Å². The highest BCUT2D eigenvalue weighted by Crippen LogP contribution is 2.34. The fourth-order valence-corrected chi connectivity index (χ4v) is 4.40. The van der Waals surface area contributed by atoms with E-state index >= 15 is 0 Å². The quantitative estimate of drug-likeness (QED) is 0.514. The number of pyridine rings is 1. The largest absolute Gasteiger partial charge is 0.462 e. The van der Waals surface area contributed by atoms with Crippen LogP contribution < -0.4 is 5.73 Å². The van der Waals surface area contributed by atoms with E-state index in [0.717, 1.165) is 5.56 Å². The molecular formula is C16H15ClN4O2S2. The van der Waals surface area contributed by atoms with E-state index in [0.29, 0.717) is 49.1 Å². The van der Waals surface area contributed by atoms with Crippen molar-refractivity contribution in [1.29, 1.82) is 0 Å². The Labute approximate surface area is 157 Å². The zero-order chi connectivity index (χ0) is 18.0. The predicted molar refractivity (Wildman–Crippen MR) is 101 cm³/mol. The van der Waals surface area contributed by atoms with Gasteiger partial charge in [0.1, 0.15) is 26.4 Å². The van der Waals surface area contributed by atoms with Gasteiger partial charge >= 0.3 is 5.97 Å². The molecule has 3 aromatic rings. The van der Waals surface area contributed by atoms with E-state index in [4.69, 9.17) is 22.1 Å². The van der Waals surface area contributed by atoms with Gasteiger partial charge in [0.2, 0.25) is 0 Å². The number of aryl methyl sites for hydroxylation is 1. The van der Waals surface area contributed by atoms with E-state index < -0.39 is 0 Å². The summed E-state index contributed by atoms with van der Waals surface area (Å²) in [4.78, 5) is 26.4. The molecule has 0 fully saturated rings. The fraction of sp³-hybridized carbons (Fsp3) is 0.250. The molecule has 3 rings (SSSR count). The van der Waals surface area contributed by atoms with Crippen LogP contribution in [0.25, 0.3) is 10.2 Å². The zero-order valence-corrected chi connectivity index (χ0v) is 16.0. The highest BCUT2D eigenvalue weighted by Gasteiger charge is 2.20. The van der Waals surface area contributed by atoms with Gasteiger partial charge in [-0.1, -0.05) is 23.4 Å². The molecule has 0 bridgehead atoms. The second-order valence-electron chi connectivity index (χ2n) is 5.06. The molecule has 0 saturated heterocycles. The molecule has 0 radical (unpaired) electrons. The molecule has 3 heterocycles. The Morgan fingerprint density at radius 3 is 2.96 bits per heavy atom. The molecule has 0 amide bonds. The Morgan fingerprint density at radius 2 is 2.24 bits per heavy atom. The van der Waals surface area contributed by atoms with Crippen LogP contribution in [-0.2, 0) is 10.5 Å². The van der Waals surface area contributed by atoms with Gasteiger partial charge in [-0.2, -0.15) is 0 Å². The maximum atomic E-state index is 12.1. The fourth-order valence-electron chi connectivity index (χ4n) is 2.28. The Kier molecular flexibility index (Phi) is 5.41. The lowest BCUT2D eigenvalue weighted by molar-refractivity contribution is 0.0531. The third-order valence-electron chi connectivity index (χ3n) is 3.39. The molecule has 0 aliphatic rings. The Hall–Kier alpha value is -1.90. The minimum atomic E-state index is -0.362. The molecular weight excluding hydrogens is 380 g/mol. The van der Waals surface area contributed by atoms with Crippen LogP contribution in [0, 0.1) is 6.92 Å². The number of carbonyl (C=O) groups is 1. The number of halogens is 1. The molecule has 0 atom stereocenters. The number of aromatic nitrogens is 3. The van der Waals surface area contributed by atoms with Gasteiger partial charge in [0.15, 0.2) is 0 Å². The van der Waals surface area contributed by atoms with Crippen molar-refractivity contribution in [3.63, 3.8) is 0 Å². The minimum absolute atomic E-state index is 0.320. The Bertz CT molecular complexity index is 945. The molecule has 0 saturated carbocycles. The number of anilines is 1. The van der Waals surface area contributed by atoms with E-state index in [9.17, 15) is 4.79 Å². The van der Waals surface area contributed by atoms with Gasteiger partial charge in [-0.3, -0.25) is 0 Å². The van der Waals surface area contributed by atoms with E-state index in [1.165, 1.54) is 23.1 Å². The van der Waals surface area contributed by atoms with Crippen molar-refractivity contribution >= 4 is 56.7 Å². The number of hydrogen-bond donors (Lipinski definition) is 1. The molecule has 9 heteroatoms. The van der Waals surface area contributed by atoms with Crippen LogP contribution in [0.3, 0.4) is 0 Å². The molecule has 0 unspecified atom stereocenters. The summed E-state index contributed by atoms with van der Waals surface area (Å²) in [6, 6.07) is 3.56. The highest BCUT2D eigenvalue weighted by atomic mass is 35.5. The molecule has 25 heavy (non-hydrogen) atoms. The number of thiophene rings is 1. The van der Waals surface area contributed by atoms with Gasteiger partial charge in [-0.05, 0) is 31.5 Å². The topological polar surface area (TPSA) is 91.0 Å². The molecule has 6 nitrogen and oxygen atoms in total. The van der Waals surface area contributed by atoms with Crippen LogP contribution in [0.4, 0.5) is 5.82 Å². The first-order valence-electron chi connectivity index (χ1n) is 7.47. The molecule has 130 valence electrons. The molecule has 0 aliphatic heterocycles. The average molecular weight is 395 g/mol. The summed E-state index contributed by atoms with van der Waals surface area (Å²) in [6.07, 6.45) is 1.68. The van der Waals surface area contributed by atoms with Gasteiger partial charge < -0.3 is 10.5 Å². The summed E-state index contributed by atoms with van der Waals surface area (Å²) in [7, 11) is 0. The van der Waals surface area contributed by atoms with Crippen LogP contribution in [0.15, 0.2) is 23.4 Å². The van der Waals surface area contributed by atoms with Gasteiger partial charge in [-0.15, -0.1) is 11.3 Å². The number of hydrogen-bond acceptors (Lipinski definition) is 8. The van der Waals surface area contributed by atoms with E-state index in [2.05, 4.69) is 15.0 Å². The van der Waals surface area contributed by atoms with Crippen molar-refractivity contribution < 1.29 is 9.53 Å².